The van der Waals surface area contributed by atoms with Crippen molar-refractivity contribution in [1.82, 2.24) is 14.9 Å². The molecule has 2 aromatic rings. The van der Waals surface area contributed by atoms with Crippen molar-refractivity contribution < 1.29 is 14.7 Å². The molecule has 0 amide bonds. The molecule has 2 aliphatic heterocycles. The molecule has 240 valence electrons. The van der Waals surface area contributed by atoms with Crippen LogP contribution in [0.4, 0.5) is 0 Å². The molecule has 1 atom stereocenters. The van der Waals surface area contributed by atoms with Crippen molar-refractivity contribution in [2.75, 3.05) is 45.8 Å². The van der Waals surface area contributed by atoms with E-state index in [1.807, 2.05) is 9.96 Å². The third-order valence-electron chi connectivity index (χ3n) is 8.78. The van der Waals surface area contributed by atoms with Crippen LogP contribution in [-0.4, -0.2) is 83.4 Å². The fourth-order valence-corrected chi connectivity index (χ4v) is 5.85. The van der Waals surface area contributed by atoms with Crippen molar-refractivity contribution in [1.29, 1.82) is 0 Å². The van der Waals surface area contributed by atoms with Crippen LogP contribution in [0.15, 0.2) is 42.5 Å². The Hall–Kier alpha value is -2.25. The van der Waals surface area contributed by atoms with Crippen LogP contribution in [0, 0.1) is 26.7 Å². The van der Waals surface area contributed by atoms with Gasteiger partial charge in [-0.3, -0.25) is 19.4 Å². The predicted molar refractivity (Wildman–Crippen MR) is 179 cm³/mol. The lowest BCUT2D eigenvalue weighted by Gasteiger charge is -2.35. The molecule has 2 aromatic carbocycles. The van der Waals surface area contributed by atoms with Gasteiger partial charge in [-0.25, -0.2) is 0 Å². The SMILES string of the molecule is CC(C)(C)N1CCC(ON2CCN(CC(=O)O)CC2)C1.CCC1CC1.Cc1ccc2c(c1)CCC2.Cc1cccc(C)c1. The minimum absolute atomic E-state index is 0.134. The van der Waals surface area contributed by atoms with E-state index >= 15 is 0 Å². The normalized spacial score (nSPS) is 20.6. The summed E-state index contributed by atoms with van der Waals surface area (Å²) in [5, 5.41) is 10.8. The molecule has 2 saturated heterocycles. The van der Waals surface area contributed by atoms with E-state index in [-0.39, 0.29) is 18.2 Å². The fourth-order valence-electron chi connectivity index (χ4n) is 5.85. The number of piperazine rings is 1. The van der Waals surface area contributed by atoms with Gasteiger partial charge in [0.1, 0.15) is 0 Å². The summed E-state index contributed by atoms with van der Waals surface area (Å²) in [6.45, 7) is 20.7. The van der Waals surface area contributed by atoms with Gasteiger partial charge in [-0.2, -0.15) is 5.06 Å². The lowest BCUT2D eigenvalue weighted by Crippen LogP contribution is -2.49. The van der Waals surface area contributed by atoms with Crippen molar-refractivity contribution in [3.05, 3.63) is 70.3 Å². The zero-order valence-electron chi connectivity index (χ0n) is 28.2. The number of carbonyl (C=O) groups is 1. The smallest absolute Gasteiger partial charge is 0.317 e. The number of hydroxylamine groups is 2. The maximum Gasteiger partial charge on any atom is 0.317 e. The number of aryl methyl sites for hydroxylation is 5. The van der Waals surface area contributed by atoms with Crippen LogP contribution in [0.1, 0.15) is 87.6 Å². The molecule has 6 heteroatoms. The largest absolute Gasteiger partial charge is 0.480 e. The number of carboxylic acids is 1. The van der Waals surface area contributed by atoms with Gasteiger partial charge in [0, 0.05) is 44.8 Å². The van der Waals surface area contributed by atoms with Gasteiger partial charge in [0.25, 0.3) is 0 Å². The Morgan fingerprint density at radius 2 is 1.49 bits per heavy atom. The molecule has 2 aliphatic carbocycles. The first kappa shape index (κ1) is 35.2. The van der Waals surface area contributed by atoms with Crippen molar-refractivity contribution >= 4 is 5.97 Å². The summed E-state index contributed by atoms with van der Waals surface area (Å²) in [7, 11) is 0. The Bertz CT molecular complexity index is 1100. The Labute approximate surface area is 262 Å². The molecule has 2 heterocycles. The quantitative estimate of drug-likeness (QED) is 0.400. The van der Waals surface area contributed by atoms with Crippen LogP contribution in [0.3, 0.4) is 0 Å². The molecule has 4 aliphatic rings. The molecule has 0 spiro atoms. The van der Waals surface area contributed by atoms with E-state index in [0.717, 1.165) is 51.6 Å². The highest BCUT2D eigenvalue weighted by Crippen LogP contribution is 2.31. The number of fused-ring (bicyclic) bond motifs is 1. The zero-order valence-corrected chi connectivity index (χ0v) is 28.2. The van der Waals surface area contributed by atoms with Gasteiger partial charge in [-0.15, -0.1) is 0 Å². The molecule has 1 unspecified atom stereocenters. The highest BCUT2D eigenvalue weighted by Gasteiger charge is 2.32. The Morgan fingerprint density at radius 1 is 0.860 bits per heavy atom. The fraction of sp³-hybridized carbons (Fsp3) is 0.649. The number of benzene rings is 2. The second kappa shape index (κ2) is 17.3. The maximum absolute atomic E-state index is 10.7. The van der Waals surface area contributed by atoms with Crippen molar-refractivity contribution in [3.63, 3.8) is 0 Å². The molecular formula is C37H59N3O3. The average Bonchev–Trinajstić information content (AvgIpc) is 3.47. The molecule has 6 nitrogen and oxygen atoms in total. The van der Waals surface area contributed by atoms with E-state index in [2.05, 4.69) is 95.8 Å². The number of rotatable bonds is 5. The summed E-state index contributed by atoms with van der Waals surface area (Å²) < 4.78 is 0. The molecule has 0 aromatic heterocycles. The minimum atomic E-state index is -0.754. The predicted octanol–water partition coefficient (Wildman–Crippen LogP) is 7.09. The second-order valence-corrected chi connectivity index (χ2v) is 13.9. The first-order valence-electron chi connectivity index (χ1n) is 16.7. The number of carboxylic acid groups (broad SMARTS) is 1. The van der Waals surface area contributed by atoms with Crippen LogP contribution in [0.25, 0.3) is 0 Å². The lowest BCUT2D eigenvalue weighted by atomic mass is 10.1. The van der Waals surface area contributed by atoms with Gasteiger partial charge in [0.15, 0.2) is 0 Å². The maximum atomic E-state index is 10.7. The van der Waals surface area contributed by atoms with Crippen molar-refractivity contribution in [2.45, 2.75) is 105 Å². The first-order valence-corrected chi connectivity index (χ1v) is 16.7. The highest BCUT2D eigenvalue weighted by atomic mass is 16.7. The average molecular weight is 594 g/mol. The summed E-state index contributed by atoms with van der Waals surface area (Å²) >= 11 is 0. The summed E-state index contributed by atoms with van der Waals surface area (Å²) in [4.78, 5) is 21.1. The van der Waals surface area contributed by atoms with E-state index in [0.29, 0.717) is 0 Å². The minimum Gasteiger partial charge on any atom is -0.480 e. The van der Waals surface area contributed by atoms with Crippen molar-refractivity contribution in [3.8, 4) is 0 Å². The number of hydrogen-bond acceptors (Lipinski definition) is 5. The van der Waals surface area contributed by atoms with Crippen LogP contribution in [0.5, 0.6) is 0 Å². The number of nitrogens with zero attached hydrogens (tertiary/aromatic N) is 3. The standard InChI is InChI=1S/C14H27N3O3.C10H12.C8H10.C5H10/c1-14(2,3)16-5-4-12(10-16)20-17-8-6-15(7-9-17)11-13(18)19;1-8-5-6-9-3-2-4-10(9)7-8;1-7-4-3-5-8(2)6-7;1-2-5-3-4-5/h12H,4-11H2,1-3H3,(H,18,19);5-7H,2-4H2,1H3;3-6H,1-2H3;5H,2-4H2,1H3. The third kappa shape index (κ3) is 13.5. The van der Waals surface area contributed by atoms with E-state index in [9.17, 15) is 4.79 Å². The van der Waals surface area contributed by atoms with Gasteiger partial charge in [0.2, 0.25) is 0 Å². The van der Waals surface area contributed by atoms with E-state index in [1.54, 1.807) is 11.1 Å². The molecular weight excluding hydrogens is 534 g/mol. The Kier molecular flexibility index (Phi) is 14.2. The van der Waals surface area contributed by atoms with Crippen molar-refractivity contribution in [2.24, 2.45) is 5.92 Å². The molecule has 6 rings (SSSR count). The number of aliphatic carboxylic acids is 1. The Balaban J connectivity index is 0.000000181. The van der Waals surface area contributed by atoms with Gasteiger partial charge >= 0.3 is 5.97 Å². The molecule has 1 saturated carbocycles. The zero-order chi connectivity index (χ0) is 31.4. The highest BCUT2D eigenvalue weighted by molar-refractivity contribution is 5.69. The van der Waals surface area contributed by atoms with E-state index in [4.69, 9.17) is 9.94 Å². The van der Waals surface area contributed by atoms with Crippen LogP contribution < -0.4 is 0 Å². The molecule has 0 bridgehead atoms. The van der Waals surface area contributed by atoms with Gasteiger partial charge in [-0.1, -0.05) is 85.3 Å². The van der Waals surface area contributed by atoms with E-state index in [1.165, 1.54) is 55.2 Å². The number of likely N-dealkylation sites (tertiary alicyclic amines) is 1. The topological polar surface area (TPSA) is 56.2 Å². The summed E-state index contributed by atoms with van der Waals surface area (Å²) in [5.41, 5.74) is 7.44. The lowest BCUT2D eigenvalue weighted by molar-refractivity contribution is -0.209. The summed E-state index contributed by atoms with van der Waals surface area (Å²) in [6.07, 6.45) is 9.76. The van der Waals surface area contributed by atoms with Crippen LogP contribution >= 0.6 is 0 Å². The Morgan fingerprint density at radius 3 is 1.98 bits per heavy atom. The molecule has 3 fully saturated rings. The van der Waals surface area contributed by atoms with Crippen LogP contribution in [0.2, 0.25) is 0 Å². The van der Waals surface area contributed by atoms with E-state index < -0.39 is 5.97 Å². The first-order chi connectivity index (χ1) is 20.4. The third-order valence-corrected chi connectivity index (χ3v) is 8.78. The summed E-state index contributed by atoms with van der Waals surface area (Å²) in [6, 6.07) is 15.3. The summed E-state index contributed by atoms with van der Waals surface area (Å²) in [5.74, 6) is 0.381. The molecule has 43 heavy (non-hydrogen) atoms. The van der Waals surface area contributed by atoms with Gasteiger partial charge in [0.05, 0.1) is 12.6 Å². The molecule has 1 N–H and O–H groups in total. The van der Waals surface area contributed by atoms with Gasteiger partial charge in [-0.05, 0) is 84.3 Å². The number of hydrogen-bond donors (Lipinski definition) is 1. The monoisotopic (exact) mass is 593 g/mol. The molecule has 0 radical (unpaired) electrons. The second-order valence-electron chi connectivity index (χ2n) is 13.9. The van der Waals surface area contributed by atoms with Crippen LogP contribution in [-0.2, 0) is 22.5 Å². The van der Waals surface area contributed by atoms with Gasteiger partial charge < -0.3 is 5.11 Å².